The summed E-state index contributed by atoms with van der Waals surface area (Å²) < 4.78 is 7.35. The van der Waals surface area contributed by atoms with Gasteiger partial charge in [-0.3, -0.25) is 4.79 Å². The number of furan rings is 1. The standard InChI is InChI=1S/C19H31N7O2.HI/c1-6-16-24-22-14-26(16)10-9-20-18(21-12-15-8-7-11-28-15)25(5)13-17(27)23-19(2,3)4;/h7-8,11,14H,6,9-10,12-13H2,1-5H3,(H,20,21)(H,23,27);1H. The molecule has 0 aliphatic rings. The molecule has 0 bridgehead atoms. The van der Waals surface area contributed by atoms with Crippen LogP contribution in [0.3, 0.4) is 0 Å². The van der Waals surface area contributed by atoms with Crippen LogP contribution in [0.15, 0.2) is 34.1 Å². The lowest BCUT2D eigenvalue weighted by Gasteiger charge is -2.25. The molecule has 29 heavy (non-hydrogen) atoms. The SMILES string of the molecule is CCc1nncn1CCNC(=NCc1ccco1)N(C)CC(=O)NC(C)(C)C.I. The fourth-order valence-corrected chi connectivity index (χ4v) is 2.64. The zero-order valence-electron chi connectivity index (χ0n) is 17.8. The number of amides is 1. The molecule has 0 radical (unpaired) electrons. The third-order valence-corrected chi connectivity index (χ3v) is 3.87. The van der Waals surface area contributed by atoms with Gasteiger partial charge in [0.25, 0.3) is 0 Å². The van der Waals surface area contributed by atoms with E-state index in [1.807, 2.05) is 51.4 Å². The topological polar surface area (TPSA) is 101 Å². The average molecular weight is 517 g/mol. The Morgan fingerprint density at radius 3 is 2.76 bits per heavy atom. The van der Waals surface area contributed by atoms with E-state index < -0.39 is 0 Å². The predicted molar refractivity (Wildman–Crippen MR) is 123 cm³/mol. The Hall–Kier alpha value is -2.11. The van der Waals surface area contributed by atoms with Gasteiger partial charge in [-0.1, -0.05) is 6.92 Å². The number of hydrogen-bond acceptors (Lipinski definition) is 5. The first-order chi connectivity index (χ1) is 13.3. The van der Waals surface area contributed by atoms with Crippen LogP contribution in [-0.4, -0.2) is 57.2 Å². The van der Waals surface area contributed by atoms with E-state index in [2.05, 4.69) is 25.8 Å². The van der Waals surface area contributed by atoms with E-state index in [4.69, 9.17) is 4.42 Å². The van der Waals surface area contributed by atoms with Crippen LogP contribution in [-0.2, 0) is 24.3 Å². The third kappa shape index (κ3) is 8.84. The van der Waals surface area contributed by atoms with Crippen LogP contribution < -0.4 is 10.6 Å². The van der Waals surface area contributed by atoms with Gasteiger partial charge in [0.2, 0.25) is 5.91 Å². The van der Waals surface area contributed by atoms with Crippen molar-refractivity contribution in [2.45, 2.75) is 52.7 Å². The van der Waals surface area contributed by atoms with Gasteiger partial charge in [0, 0.05) is 32.1 Å². The van der Waals surface area contributed by atoms with Crippen molar-refractivity contribution < 1.29 is 9.21 Å². The molecule has 0 atom stereocenters. The molecule has 0 aromatic carbocycles. The number of aromatic nitrogens is 3. The fraction of sp³-hybridized carbons (Fsp3) is 0.579. The second-order valence-electron chi connectivity index (χ2n) is 7.59. The van der Waals surface area contributed by atoms with Crippen LogP contribution >= 0.6 is 24.0 Å². The first-order valence-electron chi connectivity index (χ1n) is 9.48. The number of nitrogens with zero attached hydrogens (tertiary/aromatic N) is 5. The normalized spacial score (nSPS) is 11.7. The van der Waals surface area contributed by atoms with E-state index >= 15 is 0 Å². The highest BCUT2D eigenvalue weighted by molar-refractivity contribution is 14.0. The first kappa shape index (κ1) is 24.9. The number of hydrogen-bond donors (Lipinski definition) is 2. The van der Waals surface area contributed by atoms with Crippen molar-refractivity contribution in [1.82, 2.24) is 30.3 Å². The average Bonchev–Trinajstić information content (AvgIpc) is 3.27. The number of nitrogens with one attached hydrogen (secondary N) is 2. The quantitative estimate of drug-likeness (QED) is 0.316. The van der Waals surface area contributed by atoms with Gasteiger partial charge in [-0.25, -0.2) is 4.99 Å². The number of aryl methyl sites for hydroxylation is 1. The maximum atomic E-state index is 12.3. The van der Waals surface area contributed by atoms with Gasteiger partial charge in [0.05, 0.1) is 12.8 Å². The molecule has 2 N–H and O–H groups in total. The second-order valence-corrected chi connectivity index (χ2v) is 7.59. The van der Waals surface area contributed by atoms with Crippen molar-refractivity contribution in [1.29, 1.82) is 0 Å². The van der Waals surface area contributed by atoms with Gasteiger partial charge < -0.3 is 24.5 Å². The Morgan fingerprint density at radius 1 is 1.38 bits per heavy atom. The summed E-state index contributed by atoms with van der Waals surface area (Å²) in [5, 5.41) is 14.3. The zero-order valence-corrected chi connectivity index (χ0v) is 20.1. The Bertz CT molecular complexity index is 766. The van der Waals surface area contributed by atoms with E-state index in [1.54, 1.807) is 17.5 Å². The molecular weight excluding hydrogens is 485 g/mol. The highest BCUT2D eigenvalue weighted by Gasteiger charge is 2.17. The highest BCUT2D eigenvalue weighted by Crippen LogP contribution is 2.03. The molecule has 2 heterocycles. The van der Waals surface area contributed by atoms with Crippen LogP contribution in [0.4, 0.5) is 0 Å². The lowest BCUT2D eigenvalue weighted by atomic mass is 10.1. The Morgan fingerprint density at radius 2 is 2.14 bits per heavy atom. The third-order valence-electron chi connectivity index (χ3n) is 3.87. The van der Waals surface area contributed by atoms with E-state index in [-0.39, 0.29) is 42.0 Å². The number of guanidine groups is 1. The number of aliphatic imine (C=N–C) groups is 1. The summed E-state index contributed by atoms with van der Waals surface area (Å²) in [6.45, 7) is 9.86. The van der Waals surface area contributed by atoms with E-state index in [9.17, 15) is 4.79 Å². The van der Waals surface area contributed by atoms with Gasteiger partial charge in [-0.15, -0.1) is 34.2 Å². The number of carbonyl (C=O) groups excluding carboxylic acids is 1. The van der Waals surface area contributed by atoms with Gasteiger partial charge in [-0.2, -0.15) is 0 Å². The van der Waals surface area contributed by atoms with Crippen LogP contribution in [0, 0.1) is 0 Å². The van der Waals surface area contributed by atoms with Crippen LogP contribution in [0.1, 0.15) is 39.3 Å². The number of likely N-dealkylation sites (N-methyl/N-ethyl adjacent to an activating group) is 1. The summed E-state index contributed by atoms with van der Waals surface area (Å²) in [6, 6.07) is 3.70. The predicted octanol–water partition coefficient (Wildman–Crippen LogP) is 2.04. The fourth-order valence-electron chi connectivity index (χ4n) is 2.64. The minimum atomic E-state index is -0.276. The summed E-state index contributed by atoms with van der Waals surface area (Å²) in [4.78, 5) is 18.7. The van der Waals surface area contributed by atoms with Crippen molar-refractivity contribution in [3.8, 4) is 0 Å². The van der Waals surface area contributed by atoms with Crippen LogP contribution in [0.2, 0.25) is 0 Å². The van der Waals surface area contributed by atoms with Gasteiger partial charge in [-0.05, 0) is 32.9 Å². The molecular formula is C19H32IN7O2. The molecule has 0 fully saturated rings. The molecule has 2 rings (SSSR count). The summed E-state index contributed by atoms with van der Waals surface area (Å²) in [5.41, 5.74) is -0.276. The lowest BCUT2D eigenvalue weighted by molar-refractivity contribution is -0.122. The number of carbonyl (C=O) groups is 1. The Labute approximate surface area is 189 Å². The monoisotopic (exact) mass is 517 g/mol. The molecule has 0 unspecified atom stereocenters. The van der Waals surface area contributed by atoms with E-state index in [0.29, 0.717) is 25.6 Å². The molecule has 2 aromatic rings. The molecule has 0 aliphatic carbocycles. The maximum absolute atomic E-state index is 12.3. The van der Waals surface area contributed by atoms with Crippen LogP contribution in [0.25, 0.3) is 0 Å². The lowest BCUT2D eigenvalue weighted by Crippen LogP contribution is -2.49. The molecule has 162 valence electrons. The minimum Gasteiger partial charge on any atom is -0.467 e. The molecule has 1 amide bonds. The van der Waals surface area contributed by atoms with Crippen molar-refractivity contribution in [3.63, 3.8) is 0 Å². The van der Waals surface area contributed by atoms with Crippen molar-refractivity contribution in [2.24, 2.45) is 4.99 Å². The molecule has 0 saturated heterocycles. The molecule has 2 aromatic heterocycles. The number of halogens is 1. The minimum absolute atomic E-state index is 0. The molecule has 0 aliphatic heterocycles. The van der Waals surface area contributed by atoms with Gasteiger partial charge in [0.1, 0.15) is 24.5 Å². The smallest absolute Gasteiger partial charge is 0.240 e. The summed E-state index contributed by atoms with van der Waals surface area (Å²) in [5.74, 6) is 2.27. The first-order valence-corrected chi connectivity index (χ1v) is 9.48. The van der Waals surface area contributed by atoms with Crippen LogP contribution in [0.5, 0.6) is 0 Å². The van der Waals surface area contributed by atoms with E-state index in [1.165, 1.54) is 0 Å². The van der Waals surface area contributed by atoms with Gasteiger partial charge in [0.15, 0.2) is 5.96 Å². The highest BCUT2D eigenvalue weighted by atomic mass is 127. The van der Waals surface area contributed by atoms with Gasteiger partial charge >= 0.3 is 0 Å². The maximum Gasteiger partial charge on any atom is 0.240 e. The number of rotatable bonds is 8. The Kier molecular flexibility index (Phi) is 10.1. The summed E-state index contributed by atoms with van der Waals surface area (Å²) in [7, 11) is 1.84. The molecule has 0 saturated carbocycles. The zero-order chi connectivity index (χ0) is 20.6. The second kappa shape index (κ2) is 11.8. The largest absolute Gasteiger partial charge is 0.467 e. The Balaban J connectivity index is 0.00000420. The molecule has 9 nitrogen and oxygen atoms in total. The summed E-state index contributed by atoms with van der Waals surface area (Å²) in [6.07, 6.45) is 4.17. The molecule has 10 heteroatoms. The van der Waals surface area contributed by atoms with E-state index in [0.717, 1.165) is 18.0 Å². The van der Waals surface area contributed by atoms with Crippen molar-refractivity contribution in [3.05, 3.63) is 36.3 Å². The molecule has 0 spiro atoms. The van der Waals surface area contributed by atoms with Crippen molar-refractivity contribution in [2.75, 3.05) is 20.1 Å². The summed E-state index contributed by atoms with van der Waals surface area (Å²) >= 11 is 0. The van der Waals surface area contributed by atoms with Crippen molar-refractivity contribution >= 4 is 35.8 Å².